The summed E-state index contributed by atoms with van der Waals surface area (Å²) in [5.41, 5.74) is 27.2. The average Bonchev–Trinajstić information content (AvgIpc) is 2.06. The number of aliphatic hydroxyl groups is 1. The number of nitrogens with two attached hydrogens (primary N) is 4. The SMILES string of the molecule is Nc1ncnc2c1ncn2COCCOP(=O)([O-])O[C@@H]1C[C@@H](COP(=O)([O-])O[C@@H]2C[C@@H](COP(=O)([O-])O[C@@H]3C[C@@H](CO)O[C@H]3n3cnc4c(N)[n+](Cc5ccccc5)cnc43)O[C@H]2n2cnc3c(N)ncnc32)O[C@H]1n1cnc2c(N)ncnc21. The lowest BCUT2D eigenvalue weighted by atomic mass is 10.2. The lowest BCUT2D eigenvalue weighted by molar-refractivity contribution is -0.675. The number of hydrogen-bond acceptors (Lipinski definition) is 32. The van der Waals surface area contributed by atoms with Crippen molar-refractivity contribution in [3.05, 3.63) is 86.5 Å². The van der Waals surface area contributed by atoms with E-state index in [0.29, 0.717) is 23.2 Å². The number of rotatable bonds is 24. The Kier molecular flexibility index (Phi) is 16.3. The van der Waals surface area contributed by atoms with Crippen LogP contribution < -0.4 is 42.2 Å². The molecule has 0 radical (unpaired) electrons. The standard InChI is InChI=1S/C45H53N20O17P3/c46-35-31-39(53-15-50-35)62(18-56-31)23-73-6-7-74-83(67,68)80-29-9-26(78-44(29)63-20-57-32-36(47)51-16-54-40(32)63)13-76-85(71,72)82-30-10-27(79-45(30)64-21-58-33-37(48)52-17-55-41(33)64)14-75-84(69,70)81-28-8-25(12-66)77-43(28)65-22-59-34-38(49)61(19-60-42(34)65)11-24-4-2-1-3-5-24/h1-5,15-22,25-30,43-45,49,66H,6-14,23H2,(H9,46,47,48,50,51,52,53,54,55,67,68,69,70,71,72)/p-2/t25-,26-,27-,28+,29+,30+,43+,44+,45+/m0/s1. The van der Waals surface area contributed by atoms with E-state index in [0.717, 1.165) is 18.2 Å². The monoisotopic (exact) mass is 1240 g/mol. The maximum Gasteiger partial charge on any atom is 0.268 e. The second-order valence-corrected chi connectivity index (χ2v) is 23.5. The Morgan fingerprint density at radius 3 is 1.53 bits per heavy atom. The van der Waals surface area contributed by atoms with Gasteiger partial charge in [-0.3, -0.25) is 32.0 Å². The van der Waals surface area contributed by atoms with Gasteiger partial charge in [0.05, 0.1) is 76.9 Å². The summed E-state index contributed by atoms with van der Waals surface area (Å²) in [4.78, 5) is 87.0. The quantitative estimate of drug-likeness (QED) is 0.0277. The topological polar surface area (TPSA) is 502 Å². The molecule has 3 fully saturated rings. The second-order valence-electron chi connectivity index (χ2n) is 19.4. The van der Waals surface area contributed by atoms with Gasteiger partial charge in [-0.15, -0.1) is 0 Å². The molecule has 85 heavy (non-hydrogen) atoms. The summed E-state index contributed by atoms with van der Waals surface area (Å²) in [5, 5.41) is 10.1. The molecule has 0 amide bonds. The Labute approximate surface area is 477 Å². The summed E-state index contributed by atoms with van der Waals surface area (Å²) < 4.78 is 105. The predicted molar refractivity (Wildman–Crippen MR) is 281 cm³/mol. The molecule has 3 saturated heterocycles. The van der Waals surface area contributed by atoms with E-state index in [1.54, 1.807) is 4.57 Å². The van der Waals surface area contributed by atoms with Crippen molar-refractivity contribution in [3.63, 3.8) is 0 Å². The first-order valence-electron chi connectivity index (χ1n) is 25.8. The second kappa shape index (κ2) is 23.9. The minimum atomic E-state index is -5.43. The molecule has 3 aliphatic heterocycles. The van der Waals surface area contributed by atoms with Crippen molar-refractivity contribution >= 4 is 91.4 Å². The Morgan fingerprint density at radius 2 is 1.00 bits per heavy atom. The number of nitrogens with zero attached hydrogens (tertiary/aromatic N) is 16. The number of ether oxygens (including phenoxy) is 4. The smallest absolute Gasteiger partial charge is 0.268 e. The highest BCUT2D eigenvalue weighted by molar-refractivity contribution is 7.46. The van der Waals surface area contributed by atoms with Crippen LogP contribution in [0.4, 0.5) is 23.3 Å². The Balaban J connectivity index is 0.707. The summed E-state index contributed by atoms with van der Waals surface area (Å²) in [5.74, 6) is 0.425. The molecule has 0 aliphatic carbocycles. The molecule has 0 spiro atoms. The first-order chi connectivity index (χ1) is 40.9. The van der Waals surface area contributed by atoms with Gasteiger partial charge in [0.2, 0.25) is 12.0 Å². The minimum Gasteiger partial charge on any atom is -0.756 e. The third-order valence-corrected chi connectivity index (χ3v) is 16.9. The molecule has 12 rings (SSSR count). The number of anilines is 4. The first kappa shape index (κ1) is 58.1. The molecule has 9 aromatic rings. The van der Waals surface area contributed by atoms with Gasteiger partial charge in [-0.25, -0.2) is 54.4 Å². The van der Waals surface area contributed by atoms with Crippen LogP contribution in [-0.2, 0) is 73.1 Å². The molecule has 3 aliphatic rings. The number of hydrogen-bond donors (Lipinski definition) is 5. The highest BCUT2D eigenvalue weighted by Gasteiger charge is 2.45. The fourth-order valence-electron chi connectivity index (χ4n) is 9.99. The van der Waals surface area contributed by atoms with Crippen molar-refractivity contribution in [1.29, 1.82) is 0 Å². The van der Waals surface area contributed by atoms with Crippen molar-refractivity contribution in [2.75, 3.05) is 56.0 Å². The number of benzene rings is 1. The van der Waals surface area contributed by atoms with Crippen molar-refractivity contribution in [3.8, 4) is 0 Å². The molecule has 0 bridgehead atoms. The van der Waals surface area contributed by atoms with E-state index in [-0.39, 0.29) is 83.8 Å². The van der Waals surface area contributed by atoms with Crippen LogP contribution >= 0.6 is 23.5 Å². The van der Waals surface area contributed by atoms with E-state index in [2.05, 4.69) is 54.8 Å². The first-order valence-corrected chi connectivity index (χ1v) is 30.2. The van der Waals surface area contributed by atoms with Gasteiger partial charge in [0.25, 0.3) is 29.3 Å². The van der Waals surface area contributed by atoms with Gasteiger partial charge in [-0.05, 0) is 5.56 Å². The molecule has 9 N–H and O–H groups in total. The van der Waals surface area contributed by atoms with E-state index in [1.807, 2.05) is 30.3 Å². The summed E-state index contributed by atoms with van der Waals surface area (Å²) in [6, 6.07) is 9.53. The van der Waals surface area contributed by atoms with Gasteiger partial charge in [-0.1, -0.05) is 35.3 Å². The zero-order chi connectivity index (χ0) is 59.2. The van der Waals surface area contributed by atoms with Crippen LogP contribution in [0.5, 0.6) is 0 Å². The van der Waals surface area contributed by atoms with Crippen LogP contribution in [0.2, 0.25) is 0 Å². The van der Waals surface area contributed by atoms with Crippen LogP contribution in [0, 0.1) is 0 Å². The number of fused-ring (bicyclic) bond motifs is 4. The lowest BCUT2D eigenvalue weighted by Crippen LogP contribution is -2.38. The number of aromatic nitrogens is 16. The molecular weight excluding hydrogens is 1190 g/mol. The third kappa shape index (κ3) is 12.4. The van der Waals surface area contributed by atoms with Crippen molar-refractivity contribution < 1.29 is 84.1 Å². The lowest BCUT2D eigenvalue weighted by Gasteiger charge is -2.29. The van der Waals surface area contributed by atoms with Crippen molar-refractivity contribution in [1.82, 2.24) is 73.1 Å². The fraction of sp³-hybridized carbons (Fsp3) is 0.422. The molecule has 8 aromatic heterocycles. The van der Waals surface area contributed by atoms with Crippen LogP contribution in [0.25, 0.3) is 44.7 Å². The molecule has 0 saturated carbocycles. The van der Waals surface area contributed by atoms with E-state index < -0.39 is 105 Å². The van der Waals surface area contributed by atoms with Gasteiger partial charge >= 0.3 is 0 Å². The largest absolute Gasteiger partial charge is 0.756 e. The van der Waals surface area contributed by atoms with E-state index in [1.165, 1.54) is 56.2 Å². The van der Waals surface area contributed by atoms with Gasteiger partial charge in [0.15, 0.2) is 58.6 Å². The molecule has 11 heterocycles. The zero-order valence-electron chi connectivity index (χ0n) is 44.1. The summed E-state index contributed by atoms with van der Waals surface area (Å²) in [6.07, 6.45) is -1.75. The van der Waals surface area contributed by atoms with Gasteiger partial charge in [0, 0.05) is 19.3 Å². The van der Waals surface area contributed by atoms with E-state index in [4.69, 9.17) is 69.0 Å². The Bertz CT molecular complexity index is 4030. The van der Waals surface area contributed by atoms with Crippen molar-refractivity contribution in [2.24, 2.45) is 0 Å². The predicted octanol–water partition coefficient (Wildman–Crippen LogP) is -0.945. The number of phosphoric acid groups is 3. The molecular formula is C45H51N20O17P3-2. The number of phosphoric ester groups is 3. The summed E-state index contributed by atoms with van der Waals surface area (Å²) >= 11 is 0. The van der Waals surface area contributed by atoms with Crippen LogP contribution in [0.15, 0.2) is 81.0 Å². The molecule has 37 nitrogen and oxygen atoms in total. The van der Waals surface area contributed by atoms with Gasteiger partial charge < -0.3 is 88.8 Å². The maximum atomic E-state index is 13.9. The normalized spacial score (nSPS) is 24.9. The summed E-state index contributed by atoms with van der Waals surface area (Å²) in [7, 11) is -15.9. The third-order valence-electron chi connectivity index (χ3n) is 13.8. The van der Waals surface area contributed by atoms with Crippen LogP contribution in [-0.4, -0.2) is 148 Å². The number of nitrogen functional groups attached to an aromatic ring is 4. The molecule has 1 aromatic carbocycles. The van der Waals surface area contributed by atoms with E-state index in [9.17, 15) is 33.5 Å². The number of imidazole rings is 4. The maximum absolute atomic E-state index is 13.9. The zero-order valence-corrected chi connectivity index (χ0v) is 46.7. The summed E-state index contributed by atoms with van der Waals surface area (Å²) in [6.45, 7) is -2.38. The van der Waals surface area contributed by atoms with Crippen LogP contribution in [0.1, 0.15) is 43.5 Å². The molecule has 3 unspecified atom stereocenters. The highest BCUT2D eigenvalue weighted by Crippen LogP contribution is 2.51. The molecule has 12 atom stereocenters. The number of aliphatic hydroxyl groups excluding tert-OH is 1. The molecule has 450 valence electrons. The minimum absolute atomic E-state index is 0.00127. The van der Waals surface area contributed by atoms with E-state index >= 15 is 0 Å². The van der Waals surface area contributed by atoms with Crippen molar-refractivity contribution in [2.45, 2.75) is 87.8 Å². The Hall–Kier alpha value is -7.25. The molecule has 40 heteroatoms. The fourth-order valence-corrected chi connectivity index (χ4v) is 12.7. The van der Waals surface area contributed by atoms with Gasteiger partial charge in [-0.2, -0.15) is 0 Å². The van der Waals surface area contributed by atoms with Gasteiger partial charge in [0.1, 0.15) is 66.9 Å². The highest BCUT2D eigenvalue weighted by atomic mass is 31.2. The van der Waals surface area contributed by atoms with Crippen LogP contribution in [0.3, 0.4) is 0 Å². The Morgan fingerprint density at radius 1 is 0.553 bits per heavy atom. The average molecular weight is 1240 g/mol.